The molecule has 2 aromatic carbocycles. The molecular formula is C24H24FN7O2. The molecule has 34 heavy (non-hydrogen) atoms. The van der Waals surface area contributed by atoms with Crippen molar-refractivity contribution in [1.29, 1.82) is 0 Å². The van der Waals surface area contributed by atoms with Gasteiger partial charge in [-0.05, 0) is 42.0 Å². The van der Waals surface area contributed by atoms with Crippen molar-refractivity contribution in [2.45, 2.75) is 6.54 Å². The van der Waals surface area contributed by atoms with E-state index in [2.05, 4.69) is 26.0 Å². The molecule has 4 rings (SSSR count). The van der Waals surface area contributed by atoms with E-state index < -0.39 is 11.7 Å². The highest BCUT2D eigenvalue weighted by molar-refractivity contribution is 6.11. The molecule has 0 radical (unpaired) electrons. The molecule has 0 unspecified atom stereocenters. The Balaban J connectivity index is 1.51. The van der Waals surface area contributed by atoms with Crippen LogP contribution in [0.3, 0.4) is 0 Å². The number of nitrogens with zero attached hydrogens (tertiary/aromatic N) is 4. The van der Waals surface area contributed by atoms with Crippen LogP contribution in [0.1, 0.15) is 15.9 Å². The number of halogens is 1. The summed E-state index contributed by atoms with van der Waals surface area (Å²) >= 11 is 0. The van der Waals surface area contributed by atoms with Crippen molar-refractivity contribution in [3.05, 3.63) is 77.9 Å². The van der Waals surface area contributed by atoms with Gasteiger partial charge in [-0.25, -0.2) is 14.2 Å². The van der Waals surface area contributed by atoms with Gasteiger partial charge in [-0.15, -0.1) is 0 Å². The lowest BCUT2D eigenvalue weighted by atomic mass is 10.1. The third-order valence-electron chi connectivity index (χ3n) is 5.24. The number of fused-ring (bicyclic) bond motifs is 1. The fourth-order valence-electron chi connectivity index (χ4n) is 3.42. The zero-order chi connectivity index (χ0) is 24.2. The monoisotopic (exact) mass is 461 g/mol. The molecule has 0 saturated carbocycles. The van der Waals surface area contributed by atoms with E-state index in [9.17, 15) is 14.0 Å². The van der Waals surface area contributed by atoms with E-state index in [-0.39, 0.29) is 11.7 Å². The molecule has 0 aliphatic heterocycles. The van der Waals surface area contributed by atoms with Gasteiger partial charge in [-0.3, -0.25) is 14.8 Å². The smallest absolute Gasteiger partial charge is 0.322 e. The maximum Gasteiger partial charge on any atom is 0.322 e. The van der Waals surface area contributed by atoms with E-state index in [1.165, 1.54) is 17.2 Å². The predicted octanol–water partition coefficient (Wildman–Crippen LogP) is 4.07. The number of amides is 3. The van der Waals surface area contributed by atoms with Crippen LogP contribution in [-0.2, 0) is 13.6 Å². The van der Waals surface area contributed by atoms with Crippen molar-refractivity contribution >= 4 is 40.0 Å². The fraction of sp³-hybridized carbons (Fsp3) is 0.167. The van der Waals surface area contributed by atoms with Crippen LogP contribution >= 0.6 is 0 Å². The molecule has 0 fully saturated rings. The summed E-state index contributed by atoms with van der Waals surface area (Å²) in [4.78, 5) is 30.5. The SMILES string of the molecule is CN(C)C(=O)Nc1cc(CNc2ccccc2C(=O)Nc2c(F)ccc3c2cnn3C)ccn1. The summed E-state index contributed by atoms with van der Waals surface area (Å²) in [6.45, 7) is 0.379. The van der Waals surface area contributed by atoms with Crippen LogP contribution in [0, 0.1) is 5.82 Å². The summed E-state index contributed by atoms with van der Waals surface area (Å²) in [5.41, 5.74) is 2.58. The first-order valence-corrected chi connectivity index (χ1v) is 10.5. The second-order valence-corrected chi connectivity index (χ2v) is 7.85. The molecule has 174 valence electrons. The first kappa shape index (κ1) is 22.7. The summed E-state index contributed by atoms with van der Waals surface area (Å²) in [5, 5.41) is 13.3. The lowest BCUT2D eigenvalue weighted by Crippen LogP contribution is -2.27. The summed E-state index contributed by atoms with van der Waals surface area (Å²) in [5.74, 6) is -0.570. The number of aryl methyl sites for hydroxylation is 1. The molecular weight excluding hydrogens is 437 g/mol. The quantitative estimate of drug-likeness (QED) is 0.402. The second kappa shape index (κ2) is 9.57. The number of benzene rings is 2. The standard InChI is InChI=1S/C24H24FN7O2/c1-31(2)24(34)29-21-12-15(10-11-26-21)13-27-19-7-5-4-6-16(19)23(33)30-22-17-14-28-32(3)20(17)9-8-18(22)25/h4-12,14,27H,13H2,1-3H3,(H,30,33)(H,26,29,34). The summed E-state index contributed by atoms with van der Waals surface area (Å²) < 4.78 is 16.2. The lowest BCUT2D eigenvalue weighted by Gasteiger charge is -2.14. The average Bonchev–Trinajstić information content (AvgIpc) is 3.20. The molecule has 0 atom stereocenters. The Labute approximate surface area is 195 Å². The zero-order valence-corrected chi connectivity index (χ0v) is 19.0. The lowest BCUT2D eigenvalue weighted by molar-refractivity contribution is 0.102. The number of pyridine rings is 1. The molecule has 0 spiro atoms. The van der Waals surface area contributed by atoms with Crippen molar-refractivity contribution in [2.24, 2.45) is 7.05 Å². The first-order chi connectivity index (χ1) is 16.3. The largest absolute Gasteiger partial charge is 0.380 e. The van der Waals surface area contributed by atoms with E-state index in [0.717, 1.165) is 5.56 Å². The van der Waals surface area contributed by atoms with Gasteiger partial charge in [0.05, 0.1) is 23.0 Å². The molecule has 2 heterocycles. The molecule has 2 aromatic heterocycles. The van der Waals surface area contributed by atoms with Crippen molar-refractivity contribution in [3.63, 3.8) is 0 Å². The predicted molar refractivity (Wildman–Crippen MR) is 129 cm³/mol. The number of para-hydroxylation sites is 1. The number of hydrogen-bond acceptors (Lipinski definition) is 5. The van der Waals surface area contributed by atoms with Crippen LogP contribution in [0.15, 0.2) is 60.9 Å². The highest BCUT2D eigenvalue weighted by Crippen LogP contribution is 2.27. The van der Waals surface area contributed by atoms with Gasteiger partial charge in [0.1, 0.15) is 11.6 Å². The van der Waals surface area contributed by atoms with Gasteiger partial charge in [-0.2, -0.15) is 5.10 Å². The van der Waals surface area contributed by atoms with Crippen LogP contribution in [0.2, 0.25) is 0 Å². The average molecular weight is 462 g/mol. The second-order valence-electron chi connectivity index (χ2n) is 7.85. The van der Waals surface area contributed by atoms with Gasteiger partial charge in [0.2, 0.25) is 0 Å². The molecule has 0 saturated heterocycles. The summed E-state index contributed by atoms with van der Waals surface area (Å²) in [7, 11) is 5.04. The third-order valence-corrected chi connectivity index (χ3v) is 5.24. The Morgan fingerprint density at radius 2 is 1.88 bits per heavy atom. The Morgan fingerprint density at radius 1 is 1.09 bits per heavy atom. The van der Waals surface area contributed by atoms with E-state index in [1.807, 2.05) is 0 Å². The molecule has 3 N–H and O–H groups in total. The molecule has 9 nitrogen and oxygen atoms in total. The minimum absolute atomic E-state index is 0.0841. The van der Waals surface area contributed by atoms with E-state index in [0.29, 0.717) is 34.5 Å². The number of rotatable bonds is 6. The minimum atomic E-state index is -0.539. The van der Waals surface area contributed by atoms with E-state index in [4.69, 9.17) is 0 Å². The highest BCUT2D eigenvalue weighted by Gasteiger charge is 2.17. The molecule has 0 aliphatic rings. The van der Waals surface area contributed by atoms with Crippen molar-refractivity contribution < 1.29 is 14.0 Å². The number of hydrogen-bond donors (Lipinski definition) is 3. The van der Waals surface area contributed by atoms with Gasteiger partial charge in [0.15, 0.2) is 0 Å². The van der Waals surface area contributed by atoms with Crippen LogP contribution in [0.5, 0.6) is 0 Å². The minimum Gasteiger partial charge on any atom is -0.380 e. The first-order valence-electron chi connectivity index (χ1n) is 10.5. The Kier molecular flexibility index (Phi) is 6.39. The molecule has 3 amide bonds. The number of urea groups is 1. The molecule has 0 bridgehead atoms. The Hall–Kier alpha value is -4.47. The number of carbonyl (C=O) groups excluding carboxylic acids is 2. The summed E-state index contributed by atoms with van der Waals surface area (Å²) in [6, 6.07) is 13.2. The van der Waals surface area contributed by atoms with Gasteiger partial charge >= 0.3 is 6.03 Å². The number of nitrogens with one attached hydrogen (secondary N) is 3. The molecule has 0 aliphatic carbocycles. The van der Waals surface area contributed by atoms with Gasteiger partial charge < -0.3 is 15.5 Å². The number of carbonyl (C=O) groups is 2. The van der Waals surface area contributed by atoms with Gasteiger partial charge in [-0.1, -0.05) is 12.1 Å². The Morgan fingerprint density at radius 3 is 2.68 bits per heavy atom. The number of anilines is 3. The Bertz CT molecular complexity index is 1370. The number of aromatic nitrogens is 3. The van der Waals surface area contributed by atoms with Gasteiger partial charge in [0, 0.05) is 45.0 Å². The van der Waals surface area contributed by atoms with Crippen molar-refractivity contribution in [2.75, 3.05) is 30.0 Å². The van der Waals surface area contributed by atoms with Crippen LogP contribution in [0.25, 0.3) is 10.9 Å². The van der Waals surface area contributed by atoms with E-state index >= 15 is 0 Å². The highest BCUT2D eigenvalue weighted by atomic mass is 19.1. The maximum atomic E-state index is 14.5. The zero-order valence-electron chi connectivity index (χ0n) is 19.0. The normalized spacial score (nSPS) is 10.7. The van der Waals surface area contributed by atoms with Gasteiger partial charge in [0.25, 0.3) is 5.91 Å². The van der Waals surface area contributed by atoms with Crippen molar-refractivity contribution in [1.82, 2.24) is 19.7 Å². The summed E-state index contributed by atoms with van der Waals surface area (Å²) in [6.07, 6.45) is 3.12. The fourth-order valence-corrected chi connectivity index (χ4v) is 3.42. The molecule has 4 aromatic rings. The third kappa shape index (κ3) is 4.80. The maximum absolute atomic E-state index is 14.5. The van der Waals surface area contributed by atoms with Crippen LogP contribution in [-0.4, -0.2) is 45.7 Å². The van der Waals surface area contributed by atoms with Crippen molar-refractivity contribution in [3.8, 4) is 0 Å². The topological polar surface area (TPSA) is 104 Å². The van der Waals surface area contributed by atoms with Crippen LogP contribution < -0.4 is 16.0 Å². The van der Waals surface area contributed by atoms with E-state index in [1.54, 1.807) is 74.5 Å². The molecule has 10 heteroatoms. The van der Waals surface area contributed by atoms with Crippen LogP contribution in [0.4, 0.5) is 26.4 Å².